The standard InChI is InChI=1S/C23H28N4O4S/c1-15-6-9-22(24-13-15)25-23(29)18-5-4-10-26(14-18)32(30,31)20-7-8-21-19(12-20)11-16(2)27(21)17(3)28/h6-9,12-13,16,18H,4-5,10-11,14H2,1-3H3,(H,24,25,29)/t16-,18+/m0/s1. The second kappa shape index (κ2) is 8.63. The number of aryl methyl sites for hydroxylation is 1. The zero-order valence-corrected chi connectivity index (χ0v) is 19.4. The van der Waals surface area contributed by atoms with E-state index in [0.717, 1.165) is 16.8 Å². The number of anilines is 2. The number of carbonyl (C=O) groups excluding carboxylic acids is 2. The Kier molecular flexibility index (Phi) is 6.05. The molecule has 2 aliphatic rings. The van der Waals surface area contributed by atoms with E-state index in [1.54, 1.807) is 35.4 Å². The molecule has 2 aromatic rings. The highest BCUT2D eigenvalue weighted by atomic mass is 32.2. The molecular formula is C23H28N4O4S. The van der Waals surface area contributed by atoms with Gasteiger partial charge >= 0.3 is 0 Å². The molecule has 0 bridgehead atoms. The van der Waals surface area contributed by atoms with Gasteiger partial charge in [-0.25, -0.2) is 13.4 Å². The van der Waals surface area contributed by atoms with Gasteiger partial charge in [0.25, 0.3) is 0 Å². The minimum Gasteiger partial charge on any atom is -0.310 e. The van der Waals surface area contributed by atoms with Crippen LogP contribution in [-0.2, 0) is 26.0 Å². The van der Waals surface area contributed by atoms with Crippen molar-refractivity contribution in [3.05, 3.63) is 47.7 Å². The molecule has 0 unspecified atom stereocenters. The smallest absolute Gasteiger partial charge is 0.243 e. The first-order valence-corrected chi connectivity index (χ1v) is 12.3. The molecule has 2 aliphatic heterocycles. The third-order valence-corrected chi connectivity index (χ3v) is 8.02. The fraction of sp³-hybridized carbons (Fsp3) is 0.435. The highest BCUT2D eigenvalue weighted by molar-refractivity contribution is 7.89. The molecule has 1 aromatic carbocycles. The maximum absolute atomic E-state index is 13.3. The number of rotatable bonds is 4. The van der Waals surface area contributed by atoms with Gasteiger partial charge in [0.15, 0.2) is 0 Å². The van der Waals surface area contributed by atoms with Gasteiger partial charge in [-0.2, -0.15) is 4.31 Å². The Hall–Kier alpha value is -2.78. The summed E-state index contributed by atoms with van der Waals surface area (Å²) in [5, 5.41) is 2.80. The lowest BCUT2D eigenvalue weighted by Gasteiger charge is -2.31. The molecule has 1 saturated heterocycles. The summed E-state index contributed by atoms with van der Waals surface area (Å²) in [6.45, 7) is 5.89. The Morgan fingerprint density at radius 2 is 1.97 bits per heavy atom. The molecule has 2 atom stereocenters. The average Bonchev–Trinajstić information content (AvgIpc) is 3.10. The number of benzene rings is 1. The van der Waals surface area contributed by atoms with E-state index >= 15 is 0 Å². The van der Waals surface area contributed by atoms with Crippen molar-refractivity contribution in [1.29, 1.82) is 0 Å². The maximum Gasteiger partial charge on any atom is 0.243 e. The van der Waals surface area contributed by atoms with Gasteiger partial charge in [0.2, 0.25) is 21.8 Å². The van der Waals surface area contributed by atoms with Gasteiger partial charge in [-0.3, -0.25) is 9.59 Å². The molecule has 0 radical (unpaired) electrons. The van der Waals surface area contributed by atoms with Crippen LogP contribution >= 0.6 is 0 Å². The Labute approximate surface area is 188 Å². The number of piperidine rings is 1. The van der Waals surface area contributed by atoms with Crippen LogP contribution < -0.4 is 10.2 Å². The van der Waals surface area contributed by atoms with Crippen LogP contribution in [0.15, 0.2) is 41.4 Å². The van der Waals surface area contributed by atoms with E-state index in [-0.39, 0.29) is 29.3 Å². The fourth-order valence-electron chi connectivity index (χ4n) is 4.54. The topological polar surface area (TPSA) is 99.7 Å². The Morgan fingerprint density at radius 3 is 2.66 bits per heavy atom. The fourth-order valence-corrected chi connectivity index (χ4v) is 6.12. The minimum absolute atomic E-state index is 0.00102. The number of fused-ring (bicyclic) bond motifs is 1. The highest BCUT2D eigenvalue weighted by Crippen LogP contribution is 2.35. The normalized spacial score (nSPS) is 21.3. The Bertz CT molecular complexity index is 1150. The van der Waals surface area contributed by atoms with Crippen molar-refractivity contribution in [2.75, 3.05) is 23.3 Å². The number of nitrogens with one attached hydrogen (secondary N) is 1. The van der Waals surface area contributed by atoms with Crippen LogP contribution in [0.2, 0.25) is 0 Å². The number of pyridine rings is 1. The van der Waals surface area contributed by atoms with Gasteiger partial charge in [0.05, 0.1) is 10.8 Å². The van der Waals surface area contributed by atoms with E-state index in [9.17, 15) is 18.0 Å². The van der Waals surface area contributed by atoms with Crippen LogP contribution in [0.25, 0.3) is 0 Å². The van der Waals surface area contributed by atoms with Crippen molar-refractivity contribution in [2.45, 2.75) is 51.0 Å². The lowest BCUT2D eigenvalue weighted by atomic mass is 9.99. The monoisotopic (exact) mass is 456 g/mol. The first kappa shape index (κ1) is 22.4. The van der Waals surface area contributed by atoms with Gasteiger partial charge in [-0.1, -0.05) is 6.07 Å². The highest BCUT2D eigenvalue weighted by Gasteiger charge is 2.35. The summed E-state index contributed by atoms with van der Waals surface area (Å²) in [6, 6.07) is 8.54. The predicted molar refractivity (Wildman–Crippen MR) is 122 cm³/mol. The summed E-state index contributed by atoms with van der Waals surface area (Å²) < 4.78 is 28.1. The number of amides is 2. The molecule has 0 aliphatic carbocycles. The summed E-state index contributed by atoms with van der Waals surface area (Å²) in [5.74, 6) is -0.256. The van der Waals surface area contributed by atoms with E-state index in [4.69, 9.17) is 0 Å². The largest absolute Gasteiger partial charge is 0.310 e. The van der Waals surface area contributed by atoms with Crippen LogP contribution in [0.5, 0.6) is 0 Å². The number of sulfonamides is 1. The van der Waals surface area contributed by atoms with Crippen molar-refractivity contribution in [2.24, 2.45) is 5.92 Å². The van der Waals surface area contributed by atoms with Gasteiger partial charge in [-0.05, 0) is 68.5 Å². The minimum atomic E-state index is -3.75. The van der Waals surface area contributed by atoms with Crippen molar-refractivity contribution in [3.8, 4) is 0 Å². The number of hydrogen-bond acceptors (Lipinski definition) is 5. The van der Waals surface area contributed by atoms with Crippen LogP contribution in [0.1, 0.15) is 37.8 Å². The van der Waals surface area contributed by atoms with Gasteiger partial charge in [0, 0.05) is 37.9 Å². The molecule has 4 rings (SSSR count). The lowest BCUT2D eigenvalue weighted by molar-refractivity contribution is -0.121. The molecule has 0 spiro atoms. The van der Waals surface area contributed by atoms with Crippen LogP contribution in [0.4, 0.5) is 11.5 Å². The zero-order chi connectivity index (χ0) is 23.0. The van der Waals surface area contributed by atoms with Gasteiger partial charge in [0.1, 0.15) is 5.82 Å². The van der Waals surface area contributed by atoms with Crippen molar-refractivity contribution in [1.82, 2.24) is 9.29 Å². The molecule has 0 saturated carbocycles. The summed E-state index contributed by atoms with van der Waals surface area (Å²) in [4.78, 5) is 30.8. The SMILES string of the molecule is CC(=O)N1c2ccc(S(=O)(=O)N3CCC[C@@H](C(=O)Nc4ccc(C)cn4)C3)cc2C[C@@H]1C. The average molecular weight is 457 g/mol. The quantitative estimate of drug-likeness (QED) is 0.763. The Balaban J connectivity index is 1.50. The number of carbonyl (C=O) groups is 2. The summed E-state index contributed by atoms with van der Waals surface area (Å²) in [6.07, 6.45) is 3.53. The molecule has 170 valence electrons. The van der Waals surface area contributed by atoms with E-state index in [1.165, 1.54) is 11.2 Å². The van der Waals surface area contributed by atoms with Gasteiger partial charge < -0.3 is 10.2 Å². The van der Waals surface area contributed by atoms with Crippen LogP contribution in [-0.4, -0.2) is 48.7 Å². The maximum atomic E-state index is 13.3. The third kappa shape index (κ3) is 4.27. The van der Waals surface area contributed by atoms with E-state index in [1.807, 2.05) is 19.9 Å². The van der Waals surface area contributed by atoms with E-state index < -0.39 is 15.9 Å². The number of aromatic nitrogens is 1. The molecule has 1 N–H and O–H groups in total. The second-order valence-electron chi connectivity index (χ2n) is 8.64. The van der Waals surface area contributed by atoms with E-state index in [0.29, 0.717) is 31.6 Å². The van der Waals surface area contributed by atoms with Gasteiger partial charge in [-0.15, -0.1) is 0 Å². The number of nitrogens with zero attached hydrogens (tertiary/aromatic N) is 3. The molecule has 1 aromatic heterocycles. The predicted octanol–water partition coefficient (Wildman–Crippen LogP) is 2.73. The van der Waals surface area contributed by atoms with E-state index in [2.05, 4.69) is 10.3 Å². The van der Waals surface area contributed by atoms with Crippen molar-refractivity contribution in [3.63, 3.8) is 0 Å². The second-order valence-corrected chi connectivity index (χ2v) is 10.6. The number of hydrogen-bond donors (Lipinski definition) is 1. The summed E-state index contributed by atoms with van der Waals surface area (Å²) >= 11 is 0. The molecular weight excluding hydrogens is 428 g/mol. The molecule has 9 heteroatoms. The molecule has 3 heterocycles. The zero-order valence-electron chi connectivity index (χ0n) is 18.5. The third-order valence-electron chi connectivity index (χ3n) is 6.16. The molecule has 1 fully saturated rings. The molecule has 8 nitrogen and oxygen atoms in total. The first-order chi connectivity index (χ1) is 15.2. The van der Waals surface area contributed by atoms with Crippen molar-refractivity contribution < 1.29 is 18.0 Å². The first-order valence-electron chi connectivity index (χ1n) is 10.8. The van der Waals surface area contributed by atoms with Crippen molar-refractivity contribution >= 4 is 33.3 Å². The summed E-state index contributed by atoms with van der Waals surface area (Å²) in [5.41, 5.74) is 2.61. The molecule has 32 heavy (non-hydrogen) atoms. The summed E-state index contributed by atoms with van der Waals surface area (Å²) in [7, 11) is -3.75. The Morgan fingerprint density at radius 1 is 1.19 bits per heavy atom. The van der Waals surface area contributed by atoms with Crippen LogP contribution in [0, 0.1) is 12.8 Å². The molecule has 2 amide bonds. The van der Waals surface area contributed by atoms with Crippen LogP contribution in [0.3, 0.4) is 0 Å². The lowest BCUT2D eigenvalue weighted by Crippen LogP contribution is -2.43.